The number of para-hydroxylation sites is 1. The molecule has 1 aliphatic rings. The maximum absolute atomic E-state index is 12.9. The molecular formula is C26H25F3N10O3. The third kappa shape index (κ3) is 6.97. The summed E-state index contributed by atoms with van der Waals surface area (Å²) in [5.41, 5.74) is 1.56. The molecule has 1 N–H and O–H groups in total. The third-order valence-electron chi connectivity index (χ3n) is 6.46. The van der Waals surface area contributed by atoms with Gasteiger partial charge < -0.3 is 14.8 Å². The van der Waals surface area contributed by atoms with Gasteiger partial charge in [0.15, 0.2) is 6.61 Å². The average Bonchev–Trinajstić information content (AvgIpc) is 3.62. The van der Waals surface area contributed by atoms with Crippen LogP contribution >= 0.6 is 0 Å². The second-order valence-electron chi connectivity index (χ2n) is 9.68. The van der Waals surface area contributed by atoms with E-state index in [1.807, 2.05) is 6.92 Å². The number of carbonyl (C=O) groups excluding carboxylic acids is 1. The number of carbonyl (C=O) groups is 1. The van der Waals surface area contributed by atoms with Gasteiger partial charge in [0, 0.05) is 36.4 Å². The Labute approximate surface area is 237 Å². The van der Waals surface area contributed by atoms with E-state index < -0.39 is 18.9 Å². The first-order valence-corrected chi connectivity index (χ1v) is 13.0. The Morgan fingerprint density at radius 2 is 1.98 bits per heavy atom. The SMILES string of the molecule is C[C@@H](Cn1cnnn1)Oc1c(C#N)cccc1-c1cnc(Nc2cn(C3CCC(=O)CC3)nc2OCC(F)(F)F)nc1. The summed E-state index contributed by atoms with van der Waals surface area (Å²) in [5.74, 6) is 0.306. The smallest absolute Gasteiger partial charge is 0.422 e. The predicted octanol–water partition coefficient (Wildman–Crippen LogP) is 4.03. The number of aromatic nitrogens is 8. The van der Waals surface area contributed by atoms with Gasteiger partial charge in [-0.15, -0.1) is 10.2 Å². The first-order valence-electron chi connectivity index (χ1n) is 13.0. The van der Waals surface area contributed by atoms with Crippen molar-refractivity contribution in [3.8, 4) is 28.8 Å². The molecule has 5 rings (SSSR count). The van der Waals surface area contributed by atoms with E-state index in [-0.39, 0.29) is 29.3 Å². The lowest BCUT2D eigenvalue weighted by molar-refractivity contribution is -0.154. The summed E-state index contributed by atoms with van der Waals surface area (Å²) >= 11 is 0. The van der Waals surface area contributed by atoms with Crippen LogP contribution in [0.1, 0.15) is 44.2 Å². The molecule has 0 amide bonds. The Hall–Kier alpha value is -5.07. The van der Waals surface area contributed by atoms with E-state index in [1.54, 1.807) is 18.2 Å². The molecule has 0 unspecified atom stereocenters. The highest BCUT2D eigenvalue weighted by molar-refractivity contribution is 5.79. The fraction of sp³-hybridized carbons (Fsp3) is 0.385. The fourth-order valence-electron chi connectivity index (χ4n) is 4.49. The van der Waals surface area contributed by atoms with E-state index in [1.165, 1.54) is 34.3 Å². The topological polar surface area (TPSA) is 159 Å². The number of anilines is 2. The van der Waals surface area contributed by atoms with Gasteiger partial charge in [-0.25, -0.2) is 14.6 Å². The van der Waals surface area contributed by atoms with Crippen molar-refractivity contribution in [2.45, 2.75) is 57.5 Å². The molecule has 1 saturated carbocycles. The standard InChI is InChI=1S/C26H25F3N10O3/c1-16(12-38-15-33-36-37-38)42-23-17(9-30)3-2-4-21(23)18-10-31-25(32-11-18)34-22-13-39(19-5-7-20(40)8-6-19)35-24(22)41-14-26(27,28)29/h2-4,10-11,13,15-16,19H,5-8,12,14H2,1H3,(H,31,32,34)/t16-/m0/s1. The quantitative estimate of drug-likeness (QED) is 0.288. The minimum atomic E-state index is -4.56. The molecule has 218 valence electrons. The van der Waals surface area contributed by atoms with E-state index >= 15 is 0 Å². The minimum absolute atomic E-state index is 0.0833. The number of nitrogens with one attached hydrogen (secondary N) is 1. The van der Waals surface area contributed by atoms with Crippen LogP contribution in [-0.2, 0) is 11.3 Å². The first kappa shape index (κ1) is 28.5. The van der Waals surface area contributed by atoms with Crippen LogP contribution in [0.3, 0.4) is 0 Å². The van der Waals surface area contributed by atoms with Crippen molar-refractivity contribution >= 4 is 17.4 Å². The summed E-state index contributed by atoms with van der Waals surface area (Å²) in [7, 11) is 0. The lowest BCUT2D eigenvalue weighted by atomic mass is 9.95. The molecule has 3 aromatic heterocycles. The molecule has 0 spiro atoms. The molecule has 42 heavy (non-hydrogen) atoms. The van der Waals surface area contributed by atoms with Gasteiger partial charge in [0.2, 0.25) is 5.95 Å². The number of alkyl halides is 3. The monoisotopic (exact) mass is 582 g/mol. The molecule has 16 heteroatoms. The lowest BCUT2D eigenvalue weighted by Crippen LogP contribution is -2.21. The van der Waals surface area contributed by atoms with Gasteiger partial charge in [0.1, 0.15) is 35.7 Å². The minimum Gasteiger partial charge on any atom is -0.487 e. The Kier molecular flexibility index (Phi) is 8.27. The molecule has 3 heterocycles. The van der Waals surface area contributed by atoms with Crippen molar-refractivity contribution in [1.82, 2.24) is 40.0 Å². The van der Waals surface area contributed by atoms with E-state index in [4.69, 9.17) is 9.47 Å². The molecule has 1 aromatic carbocycles. The number of benzene rings is 1. The van der Waals surface area contributed by atoms with Crippen LogP contribution in [-0.4, -0.2) is 64.6 Å². The average molecular weight is 583 g/mol. The molecule has 4 aromatic rings. The van der Waals surface area contributed by atoms with E-state index in [0.717, 1.165) is 0 Å². The van der Waals surface area contributed by atoms with Gasteiger partial charge >= 0.3 is 6.18 Å². The number of halogens is 3. The number of ether oxygens (including phenoxy) is 2. The van der Waals surface area contributed by atoms with Crippen molar-refractivity contribution in [1.29, 1.82) is 5.26 Å². The van der Waals surface area contributed by atoms with Gasteiger partial charge in [0.25, 0.3) is 5.88 Å². The van der Waals surface area contributed by atoms with E-state index in [0.29, 0.717) is 54.7 Å². The van der Waals surface area contributed by atoms with Gasteiger partial charge in [-0.1, -0.05) is 12.1 Å². The fourth-order valence-corrected chi connectivity index (χ4v) is 4.49. The van der Waals surface area contributed by atoms with E-state index in [9.17, 15) is 23.2 Å². The maximum Gasteiger partial charge on any atom is 0.422 e. The van der Waals surface area contributed by atoms with Crippen molar-refractivity contribution in [3.05, 3.63) is 48.7 Å². The summed E-state index contributed by atoms with van der Waals surface area (Å²) < 4.78 is 52.8. The zero-order chi connectivity index (χ0) is 29.7. The summed E-state index contributed by atoms with van der Waals surface area (Å²) in [6, 6.07) is 7.07. The van der Waals surface area contributed by atoms with Crippen LogP contribution in [0.15, 0.2) is 43.1 Å². The van der Waals surface area contributed by atoms with Crippen molar-refractivity contribution < 1.29 is 27.4 Å². The number of Topliss-reactive ketones (excluding diaryl/α,β-unsaturated/α-hetero) is 1. The van der Waals surface area contributed by atoms with Crippen LogP contribution in [0.4, 0.5) is 24.8 Å². The number of tetrazole rings is 1. The first-order chi connectivity index (χ1) is 20.2. The number of nitriles is 1. The molecular weight excluding hydrogens is 557 g/mol. The van der Waals surface area contributed by atoms with Crippen LogP contribution in [0.25, 0.3) is 11.1 Å². The normalized spacial score (nSPS) is 14.8. The summed E-state index contributed by atoms with van der Waals surface area (Å²) in [5, 5.41) is 27.8. The molecule has 1 atom stereocenters. The summed E-state index contributed by atoms with van der Waals surface area (Å²) in [6.07, 6.45) is 2.85. The molecule has 0 bridgehead atoms. The largest absolute Gasteiger partial charge is 0.487 e. The van der Waals surface area contributed by atoms with Crippen LogP contribution in [0.2, 0.25) is 0 Å². The van der Waals surface area contributed by atoms with E-state index in [2.05, 4.69) is 42.0 Å². The van der Waals surface area contributed by atoms with Crippen molar-refractivity contribution in [3.63, 3.8) is 0 Å². The molecule has 0 aliphatic heterocycles. The second-order valence-corrected chi connectivity index (χ2v) is 9.68. The summed E-state index contributed by atoms with van der Waals surface area (Å²) in [4.78, 5) is 20.3. The predicted molar refractivity (Wildman–Crippen MR) is 140 cm³/mol. The zero-order valence-corrected chi connectivity index (χ0v) is 22.3. The third-order valence-corrected chi connectivity index (χ3v) is 6.46. The Balaban J connectivity index is 1.36. The maximum atomic E-state index is 12.9. The highest BCUT2D eigenvalue weighted by Crippen LogP contribution is 2.35. The Morgan fingerprint density at radius 3 is 2.64 bits per heavy atom. The Bertz CT molecular complexity index is 1560. The number of nitrogens with zero attached hydrogens (tertiary/aromatic N) is 9. The van der Waals surface area contributed by atoms with Crippen LogP contribution < -0.4 is 14.8 Å². The van der Waals surface area contributed by atoms with Gasteiger partial charge in [-0.3, -0.25) is 9.48 Å². The number of rotatable bonds is 10. The molecule has 1 aliphatic carbocycles. The summed E-state index contributed by atoms with van der Waals surface area (Å²) in [6.45, 7) is 0.633. The highest BCUT2D eigenvalue weighted by atomic mass is 19.4. The number of hydrogen-bond acceptors (Lipinski definition) is 11. The van der Waals surface area contributed by atoms with Gasteiger partial charge in [-0.05, 0) is 36.3 Å². The van der Waals surface area contributed by atoms with Crippen LogP contribution in [0, 0.1) is 11.3 Å². The highest BCUT2D eigenvalue weighted by Gasteiger charge is 2.30. The molecule has 0 radical (unpaired) electrons. The second kappa shape index (κ2) is 12.2. The van der Waals surface area contributed by atoms with Crippen LogP contribution in [0.5, 0.6) is 11.6 Å². The molecule has 0 saturated heterocycles. The van der Waals surface area contributed by atoms with Gasteiger partial charge in [0.05, 0.1) is 24.3 Å². The molecule has 1 fully saturated rings. The van der Waals surface area contributed by atoms with Crippen molar-refractivity contribution in [2.24, 2.45) is 0 Å². The van der Waals surface area contributed by atoms with Gasteiger partial charge in [-0.2, -0.15) is 18.4 Å². The zero-order valence-electron chi connectivity index (χ0n) is 22.3. The lowest BCUT2D eigenvalue weighted by Gasteiger charge is -2.20. The number of ketones is 1. The Morgan fingerprint density at radius 1 is 1.21 bits per heavy atom. The van der Waals surface area contributed by atoms with Crippen molar-refractivity contribution in [2.75, 3.05) is 11.9 Å². The molecule has 13 nitrogen and oxygen atoms in total. The number of hydrogen-bond donors (Lipinski definition) is 1.